The Kier molecular flexibility index (Phi) is 3.41. The summed E-state index contributed by atoms with van der Waals surface area (Å²) in [5.41, 5.74) is 1.45. The van der Waals surface area contributed by atoms with Crippen molar-refractivity contribution in [2.45, 2.75) is 33.7 Å². The van der Waals surface area contributed by atoms with Gasteiger partial charge in [0, 0.05) is 23.7 Å². The zero-order valence-electron chi connectivity index (χ0n) is 11.1. The van der Waals surface area contributed by atoms with Crippen molar-refractivity contribution < 1.29 is 9.90 Å². The molecule has 0 aliphatic carbocycles. The van der Waals surface area contributed by atoms with Crippen molar-refractivity contribution >= 4 is 16.7 Å². The molecule has 0 aliphatic rings. The molecule has 0 spiro atoms. The third-order valence-corrected chi connectivity index (χ3v) is 3.46. The predicted molar refractivity (Wildman–Crippen MR) is 73.1 cm³/mol. The number of para-hydroxylation sites is 1. The van der Waals surface area contributed by atoms with Crippen LogP contribution in [-0.4, -0.2) is 15.5 Å². The molecular formula is C15H19NO2. The van der Waals surface area contributed by atoms with Crippen molar-refractivity contribution in [3.63, 3.8) is 0 Å². The van der Waals surface area contributed by atoms with E-state index in [1.54, 1.807) is 19.1 Å². The highest BCUT2D eigenvalue weighted by Gasteiger charge is 2.15. The molecular weight excluding hydrogens is 226 g/mol. The van der Waals surface area contributed by atoms with Crippen LogP contribution in [0.5, 0.6) is 5.75 Å². The van der Waals surface area contributed by atoms with Gasteiger partial charge in [-0.05, 0) is 18.9 Å². The molecule has 3 nitrogen and oxygen atoms in total. The maximum atomic E-state index is 11.6. The normalized spacial score (nSPS) is 12.8. The number of benzene rings is 1. The van der Waals surface area contributed by atoms with Crippen molar-refractivity contribution in [2.75, 3.05) is 0 Å². The standard InChI is InChI=1S/C15H19NO2/c1-4-10(2)8-16-9-13(11(3)17)12-6-5-7-14(18)15(12)16/h5-7,9-10,18H,4,8H2,1-3H3. The van der Waals surface area contributed by atoms with Gasteiger partial charge < -0.3 is 9.67 Å². The van der Waals surface area contributed by atoms with Crippen molar-refractivity contribution in [3.8, 4) is 5.75 Å². The van der Waals surface area contributed by atoms with Gasteiger partial charge in [0.25, 0.3) is 0 Å². The number of phenols is 1. The molecule has 1 unspecified atom stereocenters. The molecule has 0 aliphatic heterocycles. The fourth-order valence-electron chi connectivity index (χ4n) is 2.23. The van der Waals surface area contributed by atoms with Gasteiger partial charge in [-0.2, -0.15) is 0 Å². The van der Waals surface area contributed by atoms with Crippen LogP contribution in [0.4, 0.5) is 0 Å². The lowest BCUT2D eigenvalue weighted by molar-refractivity contribution is 0.101. The summed E-state index contributed by atoms with van der Waals surface area (Å²) in [6.07, 6.45) is 2.93. The summed E-state index contributed by atoms with van der Waals surface area (Å²) < 4.78 is 2.00. The van der Waals surface area contributed by atoms with E-state index in [0.717, 1.165) is 23.9 Å². The van der Waals surface area contributed by atoms with Gasteiger partial charge in [0.15, 0.2) is 5.78 Å². The van der Waals surface area contributed by atoms with Crippen molar-refractivity contribution in [2.24, 2.45) is 5.92 Å². The van der Waals surface area contributed by atoms with Crippen LogP contribution in [-0.2, 0) is 6.54 Å². The van der Waals surface area contributed by atoms with Crippen molar-refractivity contribution in [3.05, 3.63) is 30.0 Å². The van der Waals surface area contributed by atoms with E-state index in [0.29, 0.717) is 11.5 Å². The van der Waals surface area contributed by atoms with Crippen LogP contribution < -0.4 is 0 Å². The molecule has 0 saturated heterocycles. The van der Waals surface area contributed by atoms with E-state index >= 15 is 0 Å². The van der Waals surface area contributed by atoms with Gasteiger partial charge in [-0.25, -0.2) is 0 Å². The van der Waals surface area contributed by atoms with E-state index in [1.807, 2.05) is 16.8 Å². The van der Waals surface area contributed by atoms with Crippen molar-refractivity contribution in [1.29, 1.82) is 0 Å². The fourth-order valence-corrected chi connectivity index (χ4v) is 2.23. The van der Waals surface area contributed by atoms with E-state index in [4.69, 9.17) is 0 Å². The minimum atomic E-state index is 0.0356. The summed E-state index contributed by atoms with van der Waals surface area (Å²) >= 11 is 0. The Morgan fingerprint density at radius 3 is 2.78 bits per heavy atom. The Labute approximate surface area is 107 Å². The second-order valence-corrected chi connectivity index (χ2v) is 4.94. The summed E-state index contributed by atoms with van der Waals surface area (Å²) in [7, 11) is 0. The van der Waals surface area contributed by atoms with E-state index in [2.05, 4.69) is 13.8 Å². The minimum absolute atomic E-state index is 0.0356. The summed E-state index contributed by atoms with van der Waals surface area (Å²) in [6, 6.07) is 5.33. The quantitative estimate of drug-likeness (QED) is 0.836. The summed E-state index contributed by atoms with van der Waals surface area (Å²) in [5.74, 6) is 0.789. The third-order valence-electron chi connectivity index (χ3n) is 3.46. The highest BCUT2D eigenvalue weighted by molar-refractivity contribution is 6.08. The molecule has 1 heterocycles. The Morgan fingerprint density at radius 2 is 2.17 bits per heavy atom. The first-order valence-electron chi connectivity index (χ1n) is 6.36. The van der Waals surface area contributed by atoms with Gasteiger partial charge >= 0.3 is 0 Å². The maximum Gasteiger partial charge on any atom is 0.161 e. The number of nitrogens with zero attached hydrogens (tertiary/aromatic N) is 1. The molecule has 1 aromatic heterocycles. The van der Waals surface area contributed by atoms with Crippen LogP contribution in [0.2, 0.25) is 0 Å². The number of phenolic OH excluding ortho intramolecular Hbond substituents is 1. The monoisotopic (exact) mass is 245 g/mol. The number of ketones is 1. The molecule has 0 amide bonds. The van der Waals surface area contributed by atoms with Gasteiger partial charge in [-0.1, -0.05) is 32.4 Å². The number of hydrogen-bond donors (Lipinski definition) is 1. The summed E-state index contributed by atoms with van der Waals surface area (Å²) in [4.78, 5) is 11.6. The van der Waals surface area contributed by atoms with E-state index in [-0.39, 0.29) is 11.5 Å². The first-order valence-corrected chi connectivity index (χ1v) is 6.36. The van der Waals surface area contributed by atoms with E-state index < -0.39 is 0 Å². The van der Waals surface area contributed by atoms with Crippen LogP contribution in [0.3, 0.4) is 0 Å². The number of carbonyl (C=O) groups is 1. The number of Topliss-reactive ketones (excluding diaryl/α,β-unsaturated/α-hetero) is 1. The molecule has 2 rings (SSSR count). The van der Waals surface area contributed by atoms with Gasteiger partial charge in [0.2, 0.25) is 0 Å². The fraction of sp³-hybridized carbons (Fsp3) is 0.400. The average molecular weight is 245 g/mol. The lowest BCUT2D eigenvalue weighted by Gasteiger charge is -2.11. The summed E-state index contributed by atoms with van der Waals surface area (Å²) in [5, 5.41) is 10.8. The lowest BCUT2D eigenvalue weighted by Crippen LogP contribution is -2.05. The Balaban J connectivity index is 2.62. The number of aromatic hydroxyl groups is 1. The highest BCUT2D eigenvalue weighted by atomic mass is 16.3. The van der Waals surface area contributed by atoms with Gasteiger partial charge in [-0.15, -0.1) is 0 Å². The van der Waals surface area contributed by atoms with E-state index in [9.17, 15) is 9.90 Å². The summed E-state index contributed by atoms with van der Waals surface area (Å²) in [6.45, 7) is 6.69. The molecule has 1 N–H and O–H groups in total. The molecule has 0 saturated carbocycles. The highest BCUT2D eigenvalue weighted by Crippen LogP contribution is 2.30. The SMILES string of the molecule is CCC(C)Cn1cc(C(C)=O)c2cccc(O)c21. The number of hydrogen-bond acceptors (Lipinski definition) is 2. The Morgan fingerprint density at radius 1 is 1.44 bits per heavy atom. The molecule has 1 atom stereocenters. The number of rotatable bonds is 4. The third kappa shape index (κ3) is 2.13. The first kappa shape index (κ1) is 12.7. The van der Waals surface area contributed by atoms with Crippen LogP contribution in [0.15, 0.2) is 24.4 Å². The lowest BCUT2D eigenvalue weighted by atomic mass is 10.1. The first-order chi connectivity index (χ1) is 8.54. The molecule has 96 valence electrons. The van der Waals surface area contributed by atoms with Crippen molar-refractivity contribution in [1.82, 2.24) is 4.57 Å². The van der Waals surface area contributed by atoms with Crippen LogP contribution in [0, 0.1) is 5.92 Å². The van der Waals surface area contributed by atoms with E-state index in [1.165, 1.54) is 0 Å². The number of carbonyl (C=O) groups excluding carboxylic acids is 1. The largest absolute Gasteiger partial charge is 0.506 e. The van der Waals surface area contributed by atoms with Gasteiger partial charge in [0.05, 0.1) is 5.52 Å². The topological polar surface area (TPSA) is 42.2 Å². The number of aromatic nitrogens is 1. The molecule has 2 aromatic rings. The Bertz CT molecular complexity index is 583. The predicted octanol–water partition coefficient (Wildman–Crippen LogP) is 3.60. The average Bonchev–Trinajstić information content (AvgIpc) is 2.69. The second kappa shape index (κ2) is 4.84. The smallest absolute Gasteiger partial charge is 0.161 e. The van der Waals surface area contributed by atoms with Gasteiger partial charge in [-0.3, -0.25) is 4.79 Å². The molecule has 0 bridgehead atoms. The number of fused-ring (bicyclic) bond motifs is 1. The zero-order valence-corrected chi connectivity index (χ0v) is 11.1. The molecule has 3 heteroatoms. The molecule has 18 heavy (non-hydrogen) atoms. The second-order valence-electron chi connectivity index (χ2n) is 4.94. The zero-order chi connectivity index (χ0) is 13.3. The van der Waals surface area contributed by atoms with Gasteiger partial charge in [0.1, 0.15) is 5.75 Å². The van der Waals surface area contributed by atoms with Crippen LogP contribution in [0.25, 0.3) is 10.9 Å². The van der Waals surface area contributed by atoms with Crippen LogP contribution >= 0.6 is 0 Å². The minimum Gasteiger partial charge on any atom is -0.506 e. The Hall–Kier alpha value is -1.77. The molecule has 0 radical (unpaired) electrons. The van der Waals surface area contributed by atoms with Crippen LogP contribution in [0.1, 0.15) is 37.6 Å². The molecule has 0 fully saturated rings. The molecule has 1 aromatic carbocycles. The maximum absolute atomic E-state index is 11.6.